The van der Waals surface area contributed by atoms with Crippen LogP contribution in [0.2, 0.25) is 0 Å². The quantitative estimate of drug-likeness (QED) is 0.716. The Balaban J connectivity index is 1.40. The van der Waals surface area contributed by atoms with Gasteiger partial charge in [-0.3, -0.25) is 4.79 Å². The summed E-state index contributed by atoms with van der Waals surface area (Å²) in [7, 11) is 1.68. The molecule has 1 saturated heterocycles. The second kappa shape index (κ2) is 7.95. The standard InChI is InChI=1S/C24H25N3O3/c1-29-22-12-20-18(11-19(22)23-14-25-15-30-23)21(28)13-24(26-20)27-9-7-17(8-10-27)16-5-3-2-4-6-16/h2-6,11,13-15,17,22H,7-10,12H2,1H3,(H,26,28). The van der Waals surface area contributed by atoms with E-state index in [0.29, 0.717) is 23.7 Å². The molecule has 1 aliphatic carbocycles. The number of piperidine rings is 1. The molecule has 1 unspecified atom stereocenters. The summed E-state index contributed by atoms with van der Waals surface area (Å²) in [6, 6.07) is 12.4. The van der Waals surface area contributed by atoms with Crippen molar-refractivity contribution in [2.24, 2.45) is 0 Å². The van der Waals surface area contributed by atoms with E-state index in [1.165, 1.54) is 12.0 Å². The Morgan fingerprint density at radius 1 is 1.20 bits per heavy atom. The van der Waals surface area contributed by atoms with Gasteiger partial charge in [0.25, 0.3) is 0 Å². The highest BCUT2D eigenvalue weighted by Crippen LogP contribution is 2.33. The van der Waals surface area contributed by atoms with Gasteiger partial charge in [0.05, 0.1) is 12.3 Å². The fourth-order valence-corrected chi connectivity index (χ4v) is 4.62. The van der Waals surface area contributed by atoms with E-state index in [4.69, 9.17) is 9.15 Å². The third-order valence-electron chi connectivity index (χ3n) is 6.28. The van der Waals surface area contributed by atoms with E-state index < -0.39 is 0 Å². The van der Waals surface area contributed by atoms with Gasteiger partial charge in [-0.05, 0) is 30.4 Å². The van der Waals surface area contributed by atoms with Crippen molar-refractivity contribution >= 4 is 17.5 Å². The highest BCUT2D eigenvalue weighted by molar-refractivity contribution is 5.84. The van der Waals surface area contributed by atoms with Crippen molar-refractivity contribution in [1.82, 2.24) is 9.97 Å². The van der Waals surface area contributed by atoms with E-state index >= 15 is 0 Å². The number of nitrogens with zero attached hydrogens (tertiary/aromatic N) is 2. The number of H-pyrrole nitrogens is 1. The molecule has 0 saturated carbocycles. The number of hydrogen-bond acceptors (Lipinski definition) is 5. The van der Waals surface area contributed by atoms with Gasteiger partial charge in [0.1, 0.15) is 5.82 Å². The first-order chi connectivity index (χ1) is 14.7. The normalized spacial score (nSPS) is 19.4. The van der Waals surface area contributed by atoms with Crippen LogP contribution in [-0.4, -0.2) is 36.3 Å². The number of nitrogens with one attached hydrogen (secondary N) is 1. The average molecular weight is 403 g/mol. The molecule has 1 N–H and O–H groups in total. The van der Waals surface area contributed by atoms with Gasteiger partial charge < -0.3 is 19.0 Å². The average Bonchev–Trinajstić information content (AvgIpc) is 3.34. The maximum Gasteiger partial charge on any atom is 0.191 e. The second-order valence-electron chi connectivity index (χ2n) is 7.98. The summed E-state index contributed by atoms with van der Waals surface area (Å²) in [5, 5.41) is 0. The molecule has 0 radical (unpaired) electrons. The maximum absolute atomic E-state index is 12.9. The molecule has 1 atom stereocenters. The van der Waals surface area contributed by atoms with Crippen LogP contribution < -0.4 is 10.3 Å². The Labute approximate surface area is 175 Å². The van der Waals surface area contributed by atoms with Crippen molar-refractivity contribution < 1.29 is 9.15 Å². The molecule has 0 bridgehead atoms. The van der Waals surface area contributed by atoms with Crippen LogP contribution in [0.4, 0.5) is 5.82 Å². The third-order valence-corrected chi connectivity index (χ3v) is 6.28. The number of fused-ring (bicyclic) bond motifs is 1. The number of pyridine rings is 1. The number of aromatic nitrogens is 2. The largest absolute Gasteiger partial charge is 0.444 e. The van der Waals surface area contributed by atoms with Crippen LogP contribution in [-0.2, 0) is 11.2 Å². The zero-order chi connectivity index (χ0) is 20.5. The van der Waals surface area contributed by atoms with Crippen LogP contribution in [0.15, 0.2) is 58.2 Å². The van der Waals surface area contributed by atoms with E-state index in [0.717, 1.165) is 43.0 Å². The first-order valence-electron chi connectivity index (χ1n) is 10.4. The molecular weight excluding hydrogens is 378 g/mol. The Morgan fingerprint density at radius 3 is 2.70 bits per heavy atom. The first-order valence-corrected chi connectivity index (χ1v) is 10.4. The van der Waals surface area contributed by atoms with E-state index in [1.54, 1.807) is 19.4 Å². The SMILES string of the molecule is COC1Cc2[nH]c(N3CCC(c4ccccc4)CC3)cc(=O)c2C=C1c1cnco1. The lowest BCUT2D eigenvalue weighted by Gasteiger charge is -2.34. The number of aromatic amines is 1. The molecular formula is C24H25N3O3. The van der Waals surface area contributed by atoms with E-state index in [9.17, 15) is 4.79 Å². The van der Waals surface area contributed by atoms with Gasteiger partial charge in [-0.15, -0.1) is 0 Å². The molecule has 6 nitrogen and oxygen atoms in total. The van der Waals surface area contributed by atoms with Gasteiger partial charge in [0, 0.05) is 49.5 Å². The summed E-state index contributed by atoms with van der Waals surface area (Å²) in [5.41, 5.74) is 3.87. The number of oxazole rings is 1. The Bertz CT molecular complexity index is 1090. The molecule has 0 amide bonds. The van der Waals surface area contributed by atoms with Gasteiger partial charge in [-0.1, -0.05) is 30.3 Å². The lowest BCUT2D eigenvalue weighted by atomic mass is 9.89. The molecule has 1 fully saturated rings. The van der Waals surface area contributed by atoms with Crippen molar-refractivity contribution in [2.75, 3.05) is 25.1 Å². The zero-order valence-corrected chi connectivity index (χ0v) is 17.0. The second-order valence-corrected chi connectivity index (χ2v) is 7.98. The minimum absolute atomic E-state index is 0.0236. The van der Waals surface area contributed by atoms with E-state index in [2.05, 4.69) is 45.2 Å². The molecule has 0 spiro atoms. The predicted octanol–water partition coefficient (Wildman–Crippen LogP) is 3.86. The van der Waals surface area contributed by atoms with Crippen molar-refractivity contribution in [3.05, 3.63) is 81.8 Å². The van der Waals surface area contributed by atoms with Crippen LogP contribution in [0, 0.1) is 0 Å². The molecule has 3 heterocycles. The van der Waals surface area contributed by atoms with Crippen LogP contribution in [0.3, 0.4) is 0 Å². The number of benzene rings is 1. The predicted molar refractivity (Wildman–Crippen MR) is 117 cm³/mol. The fraction of sp³-hybridized carbons (Fsp3) is 0.333. The number of ether oxygens (including phenoxy) is 1. The van der Waals surface area contributed by atoms with Crippen LogP contribution in [0.1, 0.15) is 41.3 Å². The third kappa shape index (κ3) is 3.48. The Hall–Kier alpha value is -3.12. The van der Waals surface area contributed by atoms with Crippen LogP contribution in [0.25, 0.3) is 11.6 Å². The summed E-state index contributed by atoms with van der Waals surface area (Å²) in [6.07, 6.45) is 7.51. The molecule has 3 aromatic rings. The van der Waals surface area contributed by atoms with Gasteiger partial charge in [0.15, 0.2) is 17.6 Å². The van der Waals surface area contributed by atoms with E-state index in [-0.39, 0.29) is 11.5 Å². The minimum Gasteiger partial charge on any atom is -0.444 e. The minimum atomic E-state index is -0.180. The highest BCUT2D eigenvalue weighted by atomic mass is 16.5. The topological polar surface area (TPSA) is 71.4 Å². The maximum atomic E-state index is 12.9. The summed E-state index contributed by atoms with van der Waals surface area (Å²) >= 11 is 0. The molecule has 1 aromatic carbocycles. The van der Waals surface area contributed by atoms with Crippen LogP contribution >= 0.6 is 0 Å². The van der Waals surface area contributed by atoms with Crippen molar-refractivity contribution in [3.63, 3.8) is 0 Å². The zero-order valence-electron chi connectivity index (χ0n) is 17.0. The van der Waals surface area contributed by atoms with Crippen molar-refractivity contribution in [2.45, 2.75) is 31.3 Å². The monoisotopic (exact) mass is 403 g/mol. The van der Waals surface area contributed by atoms with Gasteiger partial charge in [0.2, 0.25) is 0 Å². The smallest absolute Gasteiger partial charge is 0.191 e. The van der Waals surface area contributed by atoms with Crippen molar-refractivity contribution in [3.8, 4) is 0 Å². The Kier molecular flexibility index (Phi) is 5.01. The molecule has 2 aliphatic rings. The number of anilines is 1. The highest BCUT2D eigenvalue weighted by Gasteiger charge is 2.28. The number of hydrogen-bond donors (Lipinski definition) is 1. The lowest BCUT2D eigenvalue weighted by Crippen LogP contribution is -2.35. The van der Waals surface area contributed by atoms with Gasteiger partial charge in [-0.2, -0.15) is 0 Å². The number of rotatable bonds is 4. The summed E-state index contributed by atoms with van der Waals surface area (Å²) in [4.78, 5) is 22.7. The Morgan fingerprint density at radius 2 is 2.00 bits per heavy atom. The molecule has 6 heteroatoms. The molecule has 5 rings (SSSR count). The van der Waals surface area contributed by atoms with E-state index in [1.807, 2.05) is 6.08 Å². The summed E-state index contributed by atoms with van der Waals surface area (Å²) in [6.45, 7) is 1.86. The van der Waals surface area contributed by atoms with Crippen LogP contribution in [0.5, 0.6) is 0 Å². The summed E-state index contributed by atoms with van der Waals surface area (Å²) in [5.74, 6) is 2.12. The van der Waals surface area contributed by atoms with Crippen molar-refractivity contribution in [1.29, 1.82) is 0 Å². The molecule has 2 aromatic heterocycles. The first kappa shape index (κ1) is 18.9. The lowest BCUT2D eigenvalue weighted by molar-refractivity contribution is 0.146. The fourth-order valence-electron chi connectivity index (χ4n) is 4.62. The molecule has 30 heavy (non-hydrogen) atoms. The van der Waals surface area contributed by atoms with Gasteiger partial charge >= 0.3 is 0 Å². The number of methoxy groups -OCH3 is 1. The molecule has 154 valence electrons. The summed E-state index contributed by atoms with van der Waals surface area (Å²) < 4.78 is 11.1. The van der Waals surface area contributed by atoms with Gasteiger partial charge in [-0.25, -0.2) is 4.98 Å². The molecule has 1 aliphatic heterocycles.